The average Bonchev–Trinajstić information content (AvgIpc) is 2.35. The summed E-state index contributed by atoms with van der Waals surface area (Å²) in [6, 6.07) is 2.22. The van der Waals surface area contributed by atoms with E-state index in [1.54, 1.807) is 11.3 Å². The molecule has 1 heterocycles. The van der Waals surface area contributed by atoms with Crippen LogP contribution in [0.25, 0.3) is 0 Å². The normalized spacial score (nSPS) is 20.5. The van der Waals surface area contributed by atoms with Gasteiger partial charge in [0.05, 0.1) is 6.61 Å². The van der Waals surface area contributed by atoms with Gasteiger partial charge >= 0.3 is 0 Å². The van der Waals surface area contributed by atoms with Gasteiger partial charge in [0.25, 0.3) is 0 Å². The lowest BCUT2D eigenvalue weighted by Crippen LogP contribution is -2.36. The summed E-state index contributed by atoms with van der Waals surface area (Å²) in [5.74, 6) is 0. The maximum atomic E-state index is 9.31. The van der Waals surface area contributed by atoms with Crippen LogP contribution in [-0.4, -0.2) is 11.7 Å². The third kappa shape index (κ3) is 1.10. The second kappa shape index (κ2) is 2.86. The molecule has 0 aromatic carbocycles. The molecule has 2 rings (SSSR count). The fraction of sp³-hybridized carbons (Fsp3) is 0.600. The van der Waals surface area contributed by atoms with Crippen molar-refractivity contribution in [3.05, 3.63) is 21.9 Å². The highest BCUT2D eigenvalue weighted by Crippen LogP contribution is 2.45. The molecule has 1 aromatic heterocycles. The average molecular weight is 182 g/mol. The van der Waals surface area contributed by atoms with Crippen molar-refractivity contribution in [1.29, 1.82) is 0 Å². The van der Waals surface area contributed by atoms with Crippen LogP contribution in [0.15, 0.2) is 11.4 Å². The van der Waals surface area contributed by atoms with Gasteiger partial charge in [-0.3, -0.25) is 0 Å². The molecule has 1 aromatic rings. The lowest BCUT2D eigenvalue weighted by molar-refractivity contribution is 0.123. The molecule has 0 aliphatic heterocycles. The van der Waals surface area contributed by atoms with Crippen molar-refractivity contribution in [1.82, 2.24) is 0 Å². The molecule has 1 saturated carbocycles. The van der Waals surface area contributed by atoms with Gasteiger partial charge in [-0.05, 0) is 36.8 Å². The van der Waals surface area contributed by atoms with Crippen LogP contribution in [0.3, 0.4) is 0 Å². The van der Waals surface area contributed by atoms with Crippen LogP contribution in [0.4, 0.5) is 0 Å². The fourth-order valence-corrected chi connectivity index (χ4v) is 2.95. The predicted octanol–water partition coefficient (Wildman–Crippen LogP) is 2.47. The summed E-state index contributed by atoms with van der Waals surface area (Å²) in [6.45, 7) is 2.44. The van der Waals surface area contributed by atoms with E-state index in [-0.39, 0.29) is 5.41 Å². The summed E-state index contributed by atoms with van der Waals surface area (Å²) in [7, 11) is 0. The number of hydrogen-bond donors (Lipinski definition) is 1. The van der Waals surface area contributed by atoms with Gasteiger partial charge in [0, 0.05) is 10.3 Å². The van der Waals surface area contributed by atoms with Crippen LogP contribution in [0.2, 0.25) is 0 Å². The molecular weight excluding hydrogens is 168 g/mol. The van der Waals surface area contributed by atoms with Crippen molar-refractivity contribution in [3.8, 4) is 0 Å². The first-order valence-electron chi connectivity index (χ1n) is 4.43. The van der Waals surface area contributed by atoms with Gasteiger partial charge in [0.15, 0.2) is 0 Å². The first-order chi connectivity index (χ1) is 5.77. The topological polar surface area (TPSA) is 20.2 Å². The first kappa shape index (κ1) is 8.27. The molecule has 0 atom stereocenters. The van der Waals surface area contributed by atoms with E-state index < -0.39 is 0 Å². The Morgan fingerprint density at radius 3 is 2.67 bits per heavy atom. The molecular formula is C10H14OS. The maximum absolute atomic E-state index is 9.31. The lowest BCUT2D eigenvalue weighted by Gasteiger charge is -2.39. The zero-order valence-corrected chi connectivity index (χ0v) is 8.16. The molecule has 1 nitrogen and oxygen atoms in total. The van der Waals surface area contributed by atoms with E-state index >= 15 is 0 Å². The standard InChI is InChI=1S/C10H14OS/c1-8-5-9(12-6-8)10(7-11)3-2-4-10/h5-6,11H,2-4,7H2,1H3. The SMILES string of the molecule is Cc1csc(C2(CO)CCC2)c1. The molecule has 66 valence electrons. The van der Waals surface area contributed by atoms with Crippen molar-refractivity contribution in [2.24, 2.45) is 0 Å². The van der Waals surface area contributed by atoms with Crippen LogP contribution in [0, 0.1) is 6.92 Å². The number of aliphatic hydroxyl groups is 1. The molecule has 1 aliphatic rings. The molecule has 2 heteroatoms. The summed E-state index contributed by atoms with van der Waals surface area (Å²) in [6.07, 6.45) is 3.62. The summed E-state index contributed by atoms with van der Waals surface area (Å²) >= 11 is 1.80. The Morgan fingerprint density at radius 1 is 1.58 bits per heavy atom. The molecule has 0 radical (unpaired) electrons. The van der Waals surface area contributed by atoms with Gasteiger partial charge in [0.2, 0.25) is 0 Å². The van der Waals surface area contributed by atoms with E-state index in [0.29, 0.717) is 6.61 Å². The highest BCUT2D eigenvalue weighted by Gasteiger charge is 2.38. The second-order valence-corrected chi connectivity index (χ2v) is 4.69. The van der Waals surface area contributed by atoms with Crippen LogP contribution in [0.5, 0.6) is 0 Å². The second-order valence-electron chi connectivity index (χ2n) is 3.78. The monoisotopic (exact) mass is 182 g/mol. The number of thiophene rings is 1. The van der Waals surface area contributed by atoms with Crippen molar-refractivity contribution in [2.75, 3.05) is 6.61 Å². The summed E-state index contributed by atoms with van der Waals surface area (Å²) in [4.78, 5) is 1.38. The maximum Gasteiger partial charge on any atom is 0.0535 e. The van der Waals surface area contributed by atoms with Gasteiger partial charge in [0.1, 0.15) is 0 Å². The van der Waals surface area contributed by atoms with Gasteiger partial charge < -0.3 is 5.11 Å². The Morgan fingerprint density at radius 2 is 2.33 bits per heavy atom. The van der Waals surface area contributed by atoms with E-state index in [2.05, 4.69) is 18.4 Å². The minimum absolute atomic E-state index is 0.152. The molecule has 0 saturated heterocycles. The van der Waals surface area contributed by atoms with E-state index in [4.69, 9.17) is 0 Å². The van der Waals surface area contributed by atoms with Crippen molar-refractivity contribution in [3.63, 3.8) is 0 Å². The lowest BCUT2D eigenvalue weighted by atomic mass is 9.68. The number of hydrogen-bond acceptors (Lipinski definition) is 2. The first-order valence-corrected chi connectivity index (χ1v) is 5.31. The molecule has 1 aliphatic carbocycles. The Bertz CT molecular complexity index is 268. The van der Waals surface area contributed by atoms with Crippen molar-refractivity contribution < 1.29 is 5.11 Å². The zero-order chi connectivity index (χ0) is 8.60. The van der Waals surface area contributed by atoms with Gasteiger partial charge in [-0.1, -0.05) is 6.42 Å². The number of rotatable bonds is 2. The molecule has 0 spiro atoms. The van der Waals surface area contributed by atoms with Crippen molar-refractivity contribution in [2.45, 2.75) is 31.6 Å². The minimum atomic E-state index is 0.152. The van der Waals surface area contributed by atoms with Crippen LogP contribution in [-0.2, 0) is 5.41 Å². The third-order valence-corrected chi connectivity index (χ3v) is 4.16. The molecule has 0 bridgehead atoms. The smallest absolute Gasteiger partial charge is 0.0535 e. The Hall–Kier alpha value is -0.340. The van der Waals surface area contributed by atoms with E-state index in [9.17, 15) is 5.11 Å². The molecule has 0 amide bonds. The highest BCUT2D eigenvalue weighted by atomic mass is 32.1. The zero-order valence-electron chi connectivity index (χ0n) is 7.34. The largest absolute Gasteiger partial charge is 0.395 e. The van der Waals surface area contributed by atoms with E-state index in [1.807, 2.05) is 0 Å². The Kier molecular flexibility index (Phi) is 1.97. The molecule has 1 N–H and O–H groups in total. The fourth-order valence-electron chi connectivity index (χ4n) is 1.80. The Balaban J connectivity index is 2.27. The van der Waals surface area contributed by atoms with Crippen molar-refractivity contribution >= 4 is 11.3 Å². The van der Waals surface area contributed by atoms with Gasteiger partial charge in [-0.15, -0.1) is 11.3 Å². The molecule has 0 unspecified atom stereocenters. The summed E-state index contributed by atoms with van der Waals surface area (Å²) in [5.41, 5.74) is 1.48. The molecule has 12 heavy (non-hydrogen) atoms. The van der Waals surface area contributed by atoms with Crippen LogP contribution < -0.4 is 0 Å². The van der Waals surface area contributed by atoms with Gasteiger partial charge in [-0.2, -0.15) is 0 Å². The molecule has 1 fully saturated rings. The highest BCUT2D eigenvalue weighted by molar-refractivity contribution is 7.10. The quantitative estimate of drug-likeness (QED) is 0.745. The summed E-state index contributed by atoms with van der Waals surface area (Å²) < 4.78 is 0. The predicted molar refractivity (Wildman–Crippen MR) is 51.7 cm³/mol. The Labute approximate surface area is 77.0 Å². The minimum Gasteiger partial charge on any atom is -0.395 e. The number of aryl methyl sites for hydroxylation is 1. The summed E-state index contributed by atoms with van der Waals surface area (Å²) in [5, 5.41) is 11.5. The van der Waals surface area contributed by atoms with E-state index in [1.165, 1.54) is 29.7 Å². The van der Waals surface area contributed by atoms with E-state index in [0.717, 1.165) is 0 Å². The number of aliphatic hydroxyl groups excluding tert-OH is 1. The van der Waals surface area contributed by atoms with Gasteiger partial charge in [-0.25, -0.2) is 0 Å². The van der Waals surface area contributed by atoms with Crippen LogP contribution >= 0.6 is 11.3 Å². The van der Waals surface area contributed by atoms with Crippen LogP contribution in [0.1, 0.15) is 29.7 Å². The third-order valence-electron chi connectivity index (χ3n) is 2.87.